The van der Waals surface area contributed by atoms with Crippen LogP contribution in [0, 0.1) is 0 Å². The smallest absolute Gasteiger partial charge is 0.363 e. The molecule has 0 N–H and O–H groups in total. The summed E-state index contributed by atoms with van der Waals surface area (Å²) in [4.78, 5) is 18.8. The molecule has 0 fully saturated rings. The first-order valence-electron chi connectivity index (χ1n) is 9.80. The molecule has 0 amide bonds. The van der Waals surface area contributed by atoms with Crippen LogP contribution in [0.15, 0.2) is 71.4 Å². The molecule has 0 saturated carbocycles. The van der Waals surface area contributed by atoms with Crippen molar-refractivity contribution in [1.82, 2.24) is 0 Å². The average molecular weight is 374 g/mol. The molecule has 144 valence electrons. The van der Waals surface area contributed by atoms with Crippen molar-refractivity contribution in [1.29, 1.82) is 0 Å². The van der Waals surface area contributed by atoms with E-state index >= 15 is 0 Å². The third kappa shape index (κ3) is 5.19. The number of hydrogen-bond donors (Lipinski definition) is 0. The molecule has 0 radical (unpaired) electrons. The molecule has 0 aliphatic carbocycles. The Kier molecular flexibility index (Phi) is 6.79. The van der Waals surface area contributed by atoms with Gasteiger partial charge in [-0.2, -0.15) is 0 Å². The first-order chi connectivity index (χ1) is 13.7. The number of carbonyl (C=O) groups is 1. The van der Waals surface area contributed by atoms with Gasteiger partial charge < -0.3 is 9.64 Å². The Morgan fingerprint density at radius 3 is 2.21 bits per heavy atom. The van der Waals surface area contributed by atoms with E-state index in [2.05, 4.69) is 35.9 Å². The molecule has 0 spiro atoms. The minimum atomic E-state index is -0.421. The molecular formula is C24H26N2O2. The van der Waals surface area contributed by atoms with Crippen molar-refractivity contribution in [2.24, 2.45) is 4.99 Å². The third-order valence-electron chi connectivity index (χ3n) is 4.40. The summed E-state index contributed by atoms with van der Waals surface area (Å²) in [5, 5.41) is 0. The molecule has 1 aliphatic rings. The van der Waals surface area contributed by atoms with Gasteiger partial charge in [-0.15, -0.1) is 0 Å². The molecule has 3 rings (SSSR count). The summed E-state index contributed by atoms with van der Waals surface area (Å²) in [7, 11) is 0. The van der Waals surface area contributed by atoms with Crippen molar-refractivity contribution in [3.63, 3.8) is 0 Å². The monoisotopic (exact) mass is 374 g/mol. The number of carbonyl (C=O) groups excluding carboxylic acids is 1. The molecule has 1 aliphatic heterocycles. The predicted molar refractivity (Wildman–Crippen MR) is 116 cm³/mol. The zero-order chi connectivity index (χ0) is 19.8. The molecule has 0 unspecified atom stereocenters. The van der Waals surface area contributed by atoms with Crippen LogP contribution in [0.5, 0.6) is 0 Å². The van der Waals surface area contributed by atoms with E-state index in [9.17, 15) is 4.79 Å². The molecule has 0 bridgehead atoms. The zero-order valence-corrected chi connectivity index (χ0v) is 16.5. The molecule has 1 heterocycles. The van der Waals surface area contributed by atoms with Crippen molar-refractivity contribution in [3.05, 3.63) is 77.5 Å². The van der Waals surface area contributed by atoms with Crippen LogP contribution in [-0.4, -0.2) is 25.0 Å². The van der Waals surface area contributed by atoms with Crippen LogP contribution in [-0.2, 0) is 9.53 Å². The number of ether oxygens (including phenoxy) is 1. The van der Waals surface area contributed by atoms with Gasteiger partial charge in [0.25, 0.3) is 0 Å². The van der Waals surface area contributed by atoms with E-state index in [1.54, 1.807) is 12.2 Å². The first kappa shape index (κ1) is 19.6. The maximum absolute atomic E-state index is 12.1. The molecule has 4 heteroatoms. The van der Waals surface area contributed by atoms with Gasteiger partial charge in [0.1, 0.15) is 0 Å². The predicted octanol–water partition coefficient (Wildman–Crippen LogP) is 5.32. The van der Waals surface area contributed by atoms with Crippen LogP contribution in [0.25, 0.3) is 12.2 Å². The largest absolute Gasteiger partial charge is 0.403 e. The fraction of sp³-hybridized carbons (Fsp3) is 0.250. The molecule has 0 aromatic heterocycles. The van der Waals surface area contributed by atoms with Gasteiger partial charge in [0.2, 0.25) is 5.90 Å². The van der Waals surface area contributed by atoms with Gasteiger partial charge in [0.15, 0.2) is 5.70 Å². The summed E-state index contributed by atoms with van der Waals surface area (Å²) >= 11 is 0. The number of rotatable bonds is 8. The van der Waals surface area contributed by atoms with Crippen molar-refractivity contribution in [3.8, 4) is 0 Å². The van der Waals surface area contributed by atoms with E-state index in [4.69, 9.17) is 4.74 Å². The lowest BCUT2D eigenvalue weighted by Crippen LogP contribution is -2.24. The van der Waals surface area contributed by atoms with Crippen LogP contribution in [0.4, 0.5) is 5.69 Å². The van der Waals surface area contributed by atoms with Crippen LogP contribution in [0.2, 0.25) is 0 Å². The minimum Gasteiger partial charge on any atom is -0.403 e. The summed E-state index contributed by atoms with van der Waals surface area (Å²) in [6, 6.07) is 18.1. The maximum atomic E-state index is 12.1. The van der Waals surface area contributed by atoms with E-state index in [1.165, 1.54) is 5.69 Å². The van der Waals surface area contributed by atoms with Crippen LogP contribution in [0.1, 0.15) is 37.8 Å². The van der Waals surface area contributed by atoms with Gasteiger partial charge in [-0.1, -0.05) is 56.3 Å². The van der Waals surface area contributed by atoms with Gasteiger partial charge in [0, 0.05) is 24.9 Å². The highest BCUT2D eigenvalue weighted by Crippen LogP contribution is 2.20. The molecule has 2 aromatic carbocycles. The highest BCUT2D eigenvalue weighted by atomic mass is 16.6. The standard InChI is InChI=1S/C24H26N2O2/c1-3-16-26(17-4-2)21-13-10-20(11-14-21)18-22-24(27)28-23(25-22)15-12-19-8-6-5-7-9-19/h5-15,18H,3-4,16-17H2,1-2H3/b15-12+,22-18+. The lowest BCUT2D eigenvalue weighted by molar-refractivity contribution is -0.129. The van der Waals surface area contributed by atoms with E-state index in [0.29, 0.717) is 11.6 Å². The molecule has 28 heavy (non-hydrogen) atoms. The normalized spacial score (nSPS) is 15.1. The Balaban J connectivity index is 1.72. The zero-order valence-electron chi connectivity index (χ0n) is 16.5. The van der Waals surface area contributed by atoms with Crippen molar-refractivity contribution in [2.75, 3.05) is 18.0 Å². The van der Waals surface area contributed by atoms with Gasteiger partial charge in [-0.05, 0) is 48.3 Å². The van der Waals surface area contributed by atoms with Gasteiger partial charge in [0.05, 0.1) is 0 Å². The highest BCUT2D eigenvalue weighted by molar-refractivity contribution is 6.11. The fourth-order valence-corrected chi connectivity index (χ4v) is 3.08. The molecular weight excluding hydrogens is 348 g/mol. The van der Waals surface area contributed by atoms with Crippen LogP contribution < -0.4 is 4.90 Å². The second-order valence-corrected chi connectivity index (χ2v) is 6.69. The lowest BCUT2D eigenvalue weighted by Gasteiger charge is -2.23. The summed E-state index contributed by atoms with van der Waals surface area (Å²) in [5.41, 5.74) is 3.48. The summed E-state index contributed by atoms with van der Waals surface area (Å²) in [6.07, 6.45) is 7.58. The van der Waals surface area contributed by atoms with Gasteiger partial charge in [-0.25, -0.2) is 9.79 Å². The Morgan fingerprint density at radius 1 is 0.893 bits per heavy atom. The number of cyclic esters (lactones) is 1. The van der Waals surface area contributed by atoms with Gasteiger partial charge >= 0.3 is 5.97 Å². The minimum absolute atomic E-state index is 0.314. The number of nitrogens with zero attached hydrogens (tertiary/aromatic N) is 2. The fourth-order valence-electron chi connectivity index (χ4n) is 3.08. The summed E-state index contributed by atoms with van der Waals surface area (Å²) < 4.78 is 5.24. The van der Waals surface area contributed by atoms with E-state index in [0.717, 1.165) is 37.1 Å². The van der Waals surface area contributed by atoms with Gasteiger partial charge in [-0.3, -0.25) is 0 Å². The quantitative estimate of drug-likeness (QED) is 0.464. The van der Waals surface area contributed by atoms with Crippen molar-refractivity contribution in [2.45, 2.75) is 26.7 Å². The Hall–Kier alpha value is -3.14. The number of esters is 1. The van der Waals surface area contributed by atoms with Crippen molar-refractivity contribution < 1.29 is 9.53 Å². The Bertz CT molecular complexity index is 875. The molecule has 0 atom stereocenters. The molecule has 4 nitrogen and oxygen atoms in total. The Morgan fingerprint density at radius 2 is 1.57 bits per heavy atom. The number of aliphatic imine (C=N–C) groups is 1. The second-order valence-electron chi connectivity index (χ2n) is 6.69. The lowest BCUT2D eigenvalue weighted by atomic mass is 10.1. The maximum Gasteiger partial charge on any atom is 0.363 e. The second kappa shape index (κ2) is 9.70. The molecule has 2 aromatic rings. The summed E-state index contributed by atoms with van der Waals surface area (Å²) in [6.45, 7) is 6.47. The number of hydrogen-bond acceptors (Lipinski definition) is 4. The highest BCUT2D eigenvalue weighted by Gasteiger charge is 2.21. The SMILES string of the molecule is CCCN(CCC)c1ccc(/C=C2N=C(/C=C/c3ccccc3)OC/2=O)cc1. The van der Waals surface area contributed by atoms with Crippen molar-refractivity contribution >= 4 is 29.7 Å². The van der Waals surface area contributed by atoms with E-state index in [1.807, 2.05) is 48.5 Å². The average Bonchev–Trinajstić information content (AvgIpc) is 3.07. The first-order valence-corrected chi connectivity index (χ1v) is 9.80. The van der Waals surface area contributed by atoms with E-state index < -0.39 is 5.97 Å². The number of benzene rings is 2. The third-order valence-corrected chi connectivity index (χ3v) is 4.40. The van der Waals surface area contributed by atoms with E-state index in [-0.39, 0.29) is 0 Å². The Labute approximate surface area is 166 Å². The summed E-state index contributed by atoms with van der Waals surface area (Å²) in [5.74, 6) is -0.107. The molecule has 0 saturated heterocycles. The van der Waals surface area contributed by atoms with Crippen LogP contribution in [0.3, 0.4) is 0 Å². The van der Waals surface area contributed by atoms with Crippen LogP contribution >= 0.6 is 0 Å². The number of anilines is 1. The topological polar surface area (TPSA) is 41.9 Å².